The van der Waals surface area contributed by atoms with Crippen LogP contribution in [-0.4, -0.2) is 44.7 Å². The molecule has 1 aliphatic heterocycles. The fraction of sp³-hybridized carbons (Fsp3) is 0.529. The molecule has 1 aliphatic carbocycles. The molecule has 1 unspecified atom stereocenters. The summed E-state index contributed by atoms with van der Waals surface area (Å²) in [4.78, 5) is 39.1. The molecule has 0 radical (unpaired) electrons. The number of alkyl halides is 2. The second kappa shape index (κ2) is 6.36. The van der Waals surface area contributed by atoms with Crippen LogP contribution in [0.1, 0.15) is 32.9 Å². The fourth-order valence-electron chi connectivity index (χ4n) is 3.42. The van der Waals surface area contributed by atoms with Crippen LogP contribution in [-0.2, 0) is 23.8 Å². The first-order valence-corrected chi connectivity index (χ1v) is 8.56. The molecule has 3 rings (SSSR count). The second-order valence-corrected chi connectivity index (χ2v) is 6.42. The first-order chi connectivity index (χ1) is 13.1. The Balaban J connectivity index is 2.11. The highest BCUT2D eigenvalue weighted by Crippen LogP contribution is 2.72. The maximum atomic E-state index is 15.5. The van der Waals surface area contributed by atoms with Crippen LogP contribution >= 0.6 is 0 Å². The topological polar surface area (TPSA) is 123 Å². The van der Waals surface area contributed by atoms with Gasteiger partial charge in [0.25, 0.3) is 5.60 Å². The predicted molar refractivity (Wildman–Crippen MR) is 90.2 cm³/mol. The van der Waals surface area contributed by atoms with E-state index < -0.39 is 47.1 Å². The number of nitrogens with zero attached hydrogens (tertiary/aromatic N) is 2. The summed E-state index contributed by atoms with van der Waals surface area (Å²) in [5, 5.41) is 0. The third kappa shape index (κ3) is 2.38. The van der Waals surface area contributed by atoms with Crippen molar-refractivity contribution in [3.05, 3.63) is 35.4 Å². The Kier molecular flexibility index (Phi) is 4.53. The van der Waals surface area contributed by atoms with E-state index in [1.165, 1.54) is 13.8 Å². The molecule has 1 aromatic rings. The van der Waals surface area contributed by atoms with Gasteiger partial charge in [-0.3, -0.25) is 14.2 Å². The zero-order chi connectivity index (χ0) is 20.9. The van der Waals surface area contributed by atoms with E-state index in [2.05, 4.69) is 11.6 Å². The lowest BCUT2D eigenvalue weighted by molar-refractivity contribution is -0.219. The third-order valence-corrected chi connectivity index (χ3v) is 4.88. The summed E-state index contributed by atoms with van der Waals surface area (Å²) in [5.74, 6) is -5.84. The minimum Gasteiger partial charge on any atom is -0.454 e. The van der Waals surface area contributed by atoms with Crippen molar-refractivity contribution in [2.75, 3.05) is 5.73 Å². The molecule has 28 heavy (non-hydrogen) atoms. The van der Waals surface area contributed by atoms with Gasteiger partial charge in [0.05, 0.1) is 0 Å². The van der Waals surface area contributed by atoms with Crippen LogP contribution in [0.3, 0.4) is 0 Å². The standard InChI is InChI=1S/C17H19F2N3O6/c1-4-10(23)26-12-15(6-3)16(12,27-11(24)5-2)17(18,19)13(28-15)22-8-7-9(20)21-14(22)25/h6-8,12-13H,3-5H2,1-2H3,(H2,20,21,25)/t12?,13-,15-,16-/m1/s1. The van der Waals surface area contributed by atoms with Gasteiger partial charge < -0.3 is 19.9 Å². The molecule has 4 atom stereocenters. The Morgan fingerprint density at radius 3 is 2.57 bits per heavy atom. The number of carbonyl (C=O) groups is 2. The zero-order valence-electron chi connectivity index (χ0n) is 15.2. The molecule has 2 N–H and O–H groups in total. The highest BCUT2D eigenvalue weighted by molar-refractivity contribution is 5.74. The van der Waals surface area contributed by atoms with Crippen molar-refractivity contribution in [3.63, 3.8) is 0 Å². The van der Waals surface area contributed by atoms with Gasteiger partial charge in [-0.05, 0) is 6.07 Å². The summed E-state index contributed by atoms with van der Waals surface area (Å²) in [5.41, 5.74) is -0.355. The number of rotatable bonds is 6. The van der Waals surface area contributed by atoms with Crippen molar-refractivity contribution >= 4 is 17.8 Å². The summed E-state index contributed by atoms with van der Waals surface area (Å²) in [6.45, 7) is 6.38. The molecule has 2 aliphatic rings. The van der Waals surface area contributed by atoms with Gasteiger partial charge in [-0.1, -0.05) is 26.5 Å². The number of carbonyl (C=O) groups excluding carboxylic acids is 2. The molecule has 11 heteroatoms. The Morgan fingerprint density at radius 1 is 1.39 bits per heavy atom. The minimum atomic E-state index is -3.95. The number of hydrogen-bond acceptors (Lipinski definition) is 8. The summed E-state index contributed by atoms with van der Waals surface area (Å²) in [6.07, 6.45) is -2.08. The monoisotopic (exact) mass is 399 g/mol. The molecule has 0 aromatic carbocycles. The SMILES string of the molecule is C=C[C@]12O[C@@H](n3ccc(N)nc3=O)C(F)(F)[C@@]1(OC(=O)CC)C2OC(=O)CC. The van der Waals surface area contributed by atoms with E-state index in [4.69, 9.17) is 19.9 Å². The van der Waals surface area contributed by atoms with E-state index in [1.807, 2.05) is 0 Å². The second-order valence-electron chi connectivity index (χ2n) is 6.42. The van der Waals surface area contributed by atoms with E-state index in [0.717, 1.165) is 18.3 Å². The number of ether oxygens (including phenoxy) is 3. The van der Waals surface area contributed by atoms with E-state index >= 15 is 8.78 Å². The maximum Gasteiger partial charge on any atom is 0.351 e. The molecular weight excluding hydrogens is 380 g/mol. The number of halogens is 2. The predicted octanol–water partition coefficient (Wildman–Crippen LogP) is 0.942. The number of anilines is 1. The van der Waals surface area contributed by atoms with Gasteiger partial charge >= 0.3 is 23.6 Å². The fourth-order valence-corrected chi connectivity index (χ4v) is 3.42. The molecule has 152 valence electrons. The van der Waals surface area contributed by atoms with Crippen LogP contribution in [0.5, 0.6) is 0 Å². The number of nitrogens with two attached hydrogens (primary N) is 1. The number of aromatic nitrogens is 2. The van der Waals surface area contributed by atoms with Crippen LogP contribution in [0.15, 0.2) is 29.7 Å². The van der Waals surface area contributed by atoms with Gasteiger partial charge in [-0.25, -0.2) is 4.79 Å². The van der Waals surface area contributed by atoms with Crippen LogP contribution in [0, 0.1) is 0 Å². The zero-order valence-corrected chi connectivity index (χ0v) is 15.2. The Bertz CT molecular complexity index is 903. The van der Waals surface area contributed by atoms with Gasteiger partial charge in [-0.15, -0.1) is 0 Å². The molecule has 2 fully saturated rings. The molecule has 9 nitrogen and oxygen atoms in total. The Hall–Kier alpha value is -2.82. The van der Waals surface area contributed by atoms with E-state index in [9.17, 15) is 14.4 Å². The number of hydrogen-bond donors (Lipinski definition) is 1. The van der Waals surface area contributed by atoms with Gasteiger partial charge in [0.2, 0.25) is 6.23 Å². The van der Waals surface area contributed by atoms with Crippen LogP contribution < -0.4 is 11.4 Å². The summed E-state index contributed by atoms with van der Waals surface area (Å²) < 4.78 is 47.2. The van der Waals surface area contributed by atoms with Crippen molar-refractivity contribution < 1.29 is 32.6 Å². The van der Waals surface area contributed by atoms with Crippen molar-refractivity contribution in [3.8, 4) is 0 Å². The molecule has 1 aromatic heterocycles. The first-order valence-electron chi connectivity index (χ1n) is 8.56. The summed E-state index contributed by atoms with van der Waals surface area (Å²) in [6, 6.07) is 1.14. The van der Waals surface area contributed by atoms with Crippen LogP contribution in [0.4, 0.5) is 14.6 Å². The Labute approximate surface area is 158 Å². The molecule has 0 bridgehead atoms. The lowest BCUT2D eigenvalue weighted by Gasteiger charge is -2.29. The largest absolute Gasteiger partial charge is 0.454 e. The molecule has 0 spiro atoms. The van der Waals surface area contributed by atoms with E-state index in [1.54, 1.807) is 0 Å². The lowest BCUT2D eigenvalue weighted by atomic mass is 10.1. The van der Waals surface area contributed by atoms with Crippen LogP contribution in [0.25, 0.3) is 0 Å². The van der Waals surface area contributed by atoms with Crippen molar-refractivity contribution in [1.29, 1.82) is 0 Å². The maximum absolute atomic E-state index is 15.5. The van der Waals surface area contributed by atoms with Gasteiger partial charge in [-0.2, -0.15) is 13.8 Å². The van der Waals surface area contributed by atoms with Gasteiger partial charge in [0.15, 0.2) is 11.7 Å². The molecule has 2 heterocycles. The summed E-state index contributed by atoms with van der Waals surface area (Å²) >= 11 is 0. The average Bonchev–Trinajstić information content (AvgIpc) is 3.13. The Morgan fingerprint density at radius 2 is 2.04 bits per heavy atom. The van der Waals surface area contributed by atoms with E-state index in [-0.39, 0.29) is 18.7 Å². The number of esters is 2. The van der Waals surface area contributed by atoms with Gasteiger partial charge in [0, 0.05) is 19.0 Å². The third-order valence-electron chi connectivity index (χ3n) is 4.88. The lowest BCUT2D eigenvalue weighted by Crippen LogP contribution is -2.49. The highest BCUT2D eigenvalue weighted by Gasteiger charge is 2.99. The minimum absolute atomic E-state index is 0.0854. The van der Waals surface area contributed by atoms with Crippen LogP contribution in [0.2, 0.25) is 0 Å². The van der Waals surface area contributed by atoms with Crippen molar-refractivity contribution in [2.45, 2.75) is 56.1 Å². The van der Waals surface area contributed by atoms with Gasteiger partial charge in [0.1, 0.15) is 5.82 Å². The molecule has 1 saturated carbocycles. The average molecular weight is 399 g/mol. The molecule has 0 amide bonds. The summed E-state index contributed by atoms with van der Waals surface area (Å²) in [7, 11) is 0. The highest BCUT2D eigenvalue weighted by atomic mass is 19.3. The number of fused-ring (bicyclic) bond motifs is 1. The molecule has 1 saturated heterocycles. The van der Waals surface area contributed by atoms with E-state index in [0.29, 0.717) is 4.57 Å². The first kappa shape index (κ1) is 19.9. The van der Waals surface area contributed by atoms with Crippen molar-refractivity contribution in [1.82, 2.24) is 9.55 Å². The van der Waals surface area contributed by atoms with Crippen molar-refractivity contribution in [2.24, 2.45) is 0 Å². The smallest absolute Gasteiger partial charge is 0.351 e. The number of nitrogen functional groups attached to an aromatic ring is 1. The molecular formula is C17H19F2N3O6. The normalized spacial score (nSPS) is 32.3. The quantitative estimate of drug-likeness (QED) is 0.554.